The third-order valence-corrected chi connectivity index (χ3v) is 3.62. The molecule has 0 aliphatic rings. The van der Waals surface area contributed by atoms with Gasteiger partial charge in [0.05, 0.1) is 15.1 Å². The molecular formula is C7H4ClNO3S2. The zero-order valence-electron chi connectivity index (χ0n) is 6.64. The first kappa shape index (κ1) is 9.85. The molecule has 0 fully saturated rings. The van der Waals surface area contributed by atoms with Gasteiger partial charge in [-0.2, -0.15) is 8.42 Å². The Morgan fingerprint density at radius 1 is 1.43 bits per heavy atom. The van der Waals surface area contributed by atoms with E-state index < -0.39 is 10.1 Å². The van der Waals surface area contributed by atoms with Crippen LogP contribution in [-0.4, -0.2) is 18.0 Å². The van der Waals surface area contributed by atoms with Crippen LogP contribution < -0.4 is 0 Å². The number of thiazole rings is 1. The lowest BCUT2D eigenvalue weighted by atomic mass is 10.3. The smallest absolute Gasteiger partial charge is 0.282 e. The Balaban J connectivity index is 2.74. The van der Waals surface area contributed by atoms with Gasteiger partial charge >= 0.3 is 0 Å². The average Bonchev–Trinajstić information content (AvgIpc) is 2.41. The first-order chi connectivity index (χ1) is 6.47. The Morgan fingerprint density at radius 2 is 2.14 bits per heavy atom. The van der Waals surface area contributed by atoms with E-state index in [1.807, 2.05) is 0 Å². The highest BCUT2D eigenvalue weighted by molar-refractivity contribution is 7.85. The number of hydrogen-bond donors (Lipinski definition) is 1. The highest BCUT2D eigenvalue weighted by atomic mass is 35.5. The standard InChI is InChI=1S/C7H4ClNO3S2/c8-7-9-5-3-4(14(10,11)12)1-2-6(5)13-7/h1-3H,(H,10,11,12). The van der Waals surface area contributed by atoms with Gasteiger partial charge in [-0.1, -0.05) is 11.6 Å². The van der Waals surface area contributed by atoms with E-state index in [-0.39, 0.29) is 4.90 Å². The van der Waals surface area contributed by atoms with Gasteiger partial charge in [0.25, 0.3) is 10.1 Å². The number of hydrogen-bond acceptors (Lipinski definition) is 4. The fourth-order valence-electron chi connectivity index (χ4n) is 1.04. The van der Waals surface area contributed by atoms with Crippen molar-refractivity contribution in [2.24, 2.45) is 0 Å². The molecule has 74 valence electrons. The molecule has 14 heavy (non-hydrogen) atoms. The van der Waals surface area contributed by atoms with Gasteiger partial charge in [0.2, 0.25) is 0 Å². The summed E-state index contributed by atoms with van der Waals surface area (Å²) >= 11 is 6.89. The molecule has 0 atom stereocenters. The lowest BCUT2D eigenvalue weighted by Gasteiger charge is -1.94. The SMILES string of the molecule is O=S(=O)(O)c1ccc2sc(Cl)nc2c1. The second-order valence-electron chi connectivity index (χ2n) is 2.57. The van der Waals surface area contributed by atoms with Gasteiger partial charge in [-0.15, -0.1) is 11.3 Å². The van der Waals surface area contributed by atoms with Crippen LogP contribution in [0.1, 0.15) is 0 Å². The maximum Gasteiger partial charge on any atom is 0.294 e. The summed E-state index contributed by atoms with van der Waals surface area (Å²) in [4.78, 5) is 3.72. The summed E-state index contributed by atoms with van der Waals surface area (Å²) in [5.41, 5.74) is 0.468. The number of benzene rings is 1. The van der Waals surface area contributed by atoms with Crippen LogP contribution in [-0.2, 0) is 10.1 Å². The minimum atomic E-state index is -4.16. The number of rotatable bonds is 1. The molecule has 7 heteroatoms. The molecule has 0 amide bonds. The van der Waals surface area contributed by atoms with E-state index in [2.05, 4.69) is 4.98 Å². The van der Waals surface area contributed by atoms with Crippen molar-refractivity contribution in [1.29, 1.82) is 0 Å². The molecule has 0 unspecified atom stereocenters. The minimum absolute atomic E-state index is 0.174. The van der Waals surface area contributed by atoms with Crippen molar-refractivity contribution in [3.05, 3.63) is 22.7 Å². The Labute approximate surface area is 88.9 Å². The van der Waals surface area contributed by atoms with Crippen LogP contribution in [0, 0.1) is 0 Å². The number of fused-ring (bicyclic) bond motifs is 1. The summed E-state index contributed by atoms with van der Waals surface area (Å²) in [6.07, 6.45) is 0. The fourth-order valence-corrected chi connectivity index (χ4v) is 2.55. The second kappa shape index (κ2) is 3.16. The summed E-state index contributed by atoms with van der Waals surface area (Å²) in [7, 11) is -4.16. The quantitative estimate of drug-likeness (QED) is 0.787. The number of aromatic nitrogens is 1. The van der Waals surface area contributed by atoms with E-state index in [9.17, 15) is 8.42 Å². The molecule has 1 aromatic heterocycles. The first-order valence-electron chi connectivity index (χ1n) is 3.50. The Bertz CT molecular complexity index is 590. The third-order valence-electron chi connectivity index (χ3n) is 1.63. The zero-order chi connectivity index (χ0) is 10.3. The Morgan fingerprint density at radius 3 is 2.79 bits per heavy atom. The molecule has 1 aromatic carbocycles. The van der Waals surface area contributed by atoms with E-state index in [1.165, 1.54) is 23.5 Å². The van der Waals surface area contributed by atoms with E-state index in [0.717, 1.165) is 4.70 Å². The van der Waals surface area contributed by atoms with E-state index in [0.29, 0.717) is 9.98 Å². The van der Waals surface area contributed by atoms with Crippen molar-refractivity contribution in [2.75, 3.05) is 0 Å². The molecule has 4 nitrogen and oxygen atoms in total. The summed E-state index contributed by atoms with van der Waals surface area (Å²) in [6.45, 7) is 0. The molecule has 2 rings (SSSR count). The molecule has 1 N–H and O–H groups in total. The van der Waals surface area contributed by atoms with Crippen molar-refractivity contribution < 1.29 is 13.0 Å². The summed E-state index contributed by atoms with van der Waals surface area (Å²) in [5, 5.41) is 0. The van der Waals surface area contributed by atoms with E-state index >= 15 is 0 Å². The van der Waals surface area contributed by atoms with E-state index in [1.54, 1.807) is 6.07 Å². The van der Waals surface area contributed by atoms with Crippen molar-refractivity contribution in [3.63, 3.8) is 0 Å². The van der Waals surface area contributed by atoms with Gasteiger partial charge in [-0.3, -0.25) is 4.55 Å². The highest BCUT2D eigenvalue weighted by Gasteiger charge is 2.11. The van der Waals surface area contributed by atoms with Gasteiger partial charge < -0.3 is 0 Å². The lowest BCUT2D eigenvalue weighted by molar-refractivity contribution is 0.483. The fraction of sp³-hybridized carbons (Fsp3) is 0. The van der Waals surface area contributed by atoms with Crippen LogP contribution in [0.3, 0.4) is 0 Å². The van der Waals surface area contributed by atoms with Gasteiger partial charge in [-0.05, 0) is 18.2 Å². The van der Waals surface area contributed by atoms with Crippen LogP contribution in [0.2, 0.25) is 4.47 Å². The maximum absolute atomic E-state index is 10.8. The Hall–Kier alpha value is -0.690. The normalized spacial score (nSPS) is 12.1. The predicted octanol–water partition coefficient (Wildman–Crippen LogP) is 2.20. The van der Waals surface area contributed by atoms with Gasteiger partial charge in [0.1, 0.15) is 0 Å². The van der Waals surface area contributed by atoms with Crippen molar-refractivity contribution >= 4 is 43.3 Å². The summed E-state index contributed by atoms with van der Waals surface area (Å²) in [6, 6.07) is 4.15. The molecule has 0 radical (unpaired) electrons. The molecule has 2 aromatic rings. The first-order valence-corrected chi connectivity index (χ1v) is 6.14. The summed E-state index contributed by atoms with van der Waals surface area (Å²) in [5.74, 6) is 0. The molecule has 0 saturated carbocycles. The third kappa shape index (κ3) is 1.74. The van der Waals surface area contributed by atoms with Crippen LogP contribution in [0.5, 0.6) is 0 Å². The van der Waals surface area contributed by atoms with Gasteiger partial charge in [-0.25, -0.2) is 4.98 Å². The average molecular weight is 250 g/mol. The summed E-state index contributed by atoms with van der Waals surface area (Å²) < 4.78 is 31.5. The highest BCUT2D eigenvalue weighted by Crippen LogP contribution is 2.27. The van der Waals surface area contributed by atoms with Crippen molar-refractivity contribution in [1.82, 2.24) is 4.98 Å². The molecule has 1 heterocycles. The lowest BCUT2D eigenvalue weighted by Crippen LogP contribution is -1.96. The Kier molecular flexibility index (Phi) is 2.23. The van der Waals surface area contributed by atoms with Crippen molar-refractivity contribution in [3.8, 4) is 0 Å². The molecular weight excluding hydrogens is 246 g/mol. The van der Waals surface area contributed by atoms with E-state index in [4.69, 9.17) is 16.2 Å². The monoisotopic (exact) mass is 249 g/mol. The zero-order valence-corrected chi connectivity index (χ0v) is 9.03. The van der Waals surface area contributed by atoms with Crippen molar-refractivity contribution in [2.45, 2.75) is 4.90 Å². The molecule has 0 saturated heterocycles. The molecule has 0 aliphatic heterocycles. The van der Waals surface area contributed by atoms with Crippen LogP contribution in [0.15, 0.2) is 23.1 Å². The second-order valence-corrected chi connectivity index (χ2v) is 5.61. The van der Waals surface area contributed by atoms with Crippen LogP contribution in [0.25, 0.3) is 10.2 Å². The predicted molar refractivity (Wildman–Crippen MR) is 54.4 cm³/mol. The number of halogens is 1. The molecule has 0 bridgehead atoms. The van der Waals surface area contributed by atoms with Crippen LogP contribution in [0.4, 0.5) is 0 Å². The molecule has 0 aliphatic carbocycles. The minimum Gasteiger partial charge on any atom is -0.282 e. The maximum atomic E-state index is 10.8. The largest absolute Gasteiger partial charge is 0.294 e. The van der Waals surface area contributed by atoms with Gasteiger partial charge in [0, 0.05) is 0 Å². The van der Waals surface area contributed by atoms with Gasteiger partial charge in [0.15, 0.2) is 4.47 Å². The molecule has 0 spiro atoms. The number of nitrogens with zero attached hydrogens (tertiary/aromatic N) is 1. The van der Waals surface area contributed by atoms with Crippen LogP contribution >= 0.6 is 22.9 Å². The topological polar surface area (TPSA) is 67.3 Å².